The molecular formula is C28H48O2. The minimum absolute atomic E-state index is 0.144. The van der Waals surface area contributed by atoms with E-state index >= 15 is 0 Å². The molecule has 3 fully saturated rings. The van der Waals surface area contributed by atoms with E-state index in [1.807, 2.05) is 7.11 Å². The maximum Gasteiger partial charge on any atom is 0.0788 e. The van der Waals surface area contributed by atoms with Gasteiger partial charge >= 0.3 is 0 Å². The molecule has 0 aromatic carbocycles. The highest BCUT2D eigenvalue weighted by molar-refractivity contribution is 5.28. The smallest absolute Gasteiger partial charge is 0.0788 e. The van der Waals surface area contributed by atoms with Crippen molar-refractivity contribution >= 4 is 0 Å². The van der Waals surface area contributed by atoms with Gasteiger partial charge in [-0.05, 0) is 91.3 Å². The van der Waals surface area contributed by atoms with Crippen molar-refractivity contribution in [2.45, 2.75) is 111 Å². The molecule has 0 amide bonds. The summed E-state index contributed by atoms with van der Waals surface area (Å²) >= 11 is 0. The highest BCUT2D eigenvalue weighted by atomic mass is 16.5. The fourth-order valence-corrected chi connectivity index (χ4v) is 8.85. The molecule has 1 N–H and O–H groups in total. The number of ether oxygens (including phenoxy) is 1. The number of fused-ring (bicyclic) bond motifs is 5. The molecule has 0 aromatic rings. The Morgan fingerprint density at radius 3 is 2.50 bits per heavy atom. The SMILES string of the molecule is COC1C=C2CC(O)CCC2(C)C2CCC3(C)C(C(C)CCCC(C)C)CCC3C12. The number of hydrogen-bond donors (Lipinski definition) is 1. The first-order chi connectivity index (χ1) is 14.2. The van der Waals surface area contributed by atoms with Crippen LogP contribution in [0.5, 0.6) is 0 Å². The van der Waals surface area contributed by atoms with Crippen molar-refractivity contribution in [2.24, 2.45) is 46.3 Å². The van der Waals surface area contributed by atoms with Crippen molar-refractivity contribution in [3.8, 4) is 0 Å². The van der Waals surface area contributed by atoms with E-state index in [-0.39, 0.29) is 12.2 Å². The van der Waals surface area contributed by atoms with Crippen LogP contribution in [0.2, 0.25) is 0 Å². The van der Waals surface area contributed by atoms with Gasteiger partial charge in [0.05, 0.1) is 12.2 Å². The summed E-state index contributed by atoms with van der Waals surface area (Å²) in [7, 11) is 1.92. The second-order valence-corrected chi connectivity index (χ2v) is 12.5. The van der Waals surface area contributed by atoms with Gasteiger partial charge in [-0.2, -0.15) is 0 Å². The third-order valence-electron chi connectivity index (χ3n) is 10.6. The first-order valence-electron chi connectivity index (χ1n) is 13.1. The largest absolute Gasteiger partial charge is 0.393 e. The lowest BCUT2D eigenvalue weighted by Gasteiger charge is -2.60. The zero-order valence-corrected chi connectivity index (χ0v) is 20.6. The molecule has 9 atom stereocenters. The summed E-state index contributed by atoms with van der Waals surface area (Å²) in [6.45, 7) is 12.5. The zero-order chi connectivity index (χ0) is 21.7. The van der Waals surface area contributed by atoms with E-state index in [4.69, 9.17) is 4.74 Å². The third kappa shape index (κ3) is 3.72. The molecule has 4 rings (SSSR count). The molecule has 9 unspecified atom stereocenters. The maximum absolute atomic E-state index is 10.3. The summed E-state index contributed by atoms with van der Waals surface area (Å²) in [6.07, 6.45) is 15.4. The second-order valence-electron chi connectivity index (χ2n) is 12.5. The van der Waals surface area contributed by atoms with Gasteiger partial charge in [0.2, 0.25) is 0 Å². The van der Waals surface area contributed by atoms with Crippen molar-refractivity contribution in [1.29, 1.82) is 0 Å². The molecule has 2 nitrogen and oxygen atoms in total. The Kier molecular flexibility index (Phi) is 6.50. The van der Waals surface area contributed by atoms with E-state index in [0.29, 0.717) is 16.7 Å². The van der Waals surface area contributed by atoms with Gasteiger partial charge in [-0.3, -0.25) is 0 Å². The average molecular weight is 417 g/mol. The van der Waals surface area contributed by atoms with Gasteiger partial charge < -0.3 is 9.84 Å². The van der Waals surface area contributed by atoms with Crippen LogP contribution in [0.4, 0.5) is 0 Å². The van der Waals surface area contributed by atoms with Crippen LogP contribution < -0.4 is 0 Å². The van der Waals surface area contributed by atoms with Crippen LogP contribution in [0.25, 0.3) is 0 Å². The predicted molar refractivity (Wildman–Crippen MR) is 125 cm³/mol. The van der Waals surface area contributed by atoms with Gasteiger partial charge in [0, 0.05) is 7.11 Å². The minimum Gasteiger partial charge on any atom is -0.393 e. The molecule has 4 aliphatic carbocycles. The maximum atomic E-state index is 10.3. The fourth-order valence-electron chi connectivity index (χ4n) is 8.85. The monoisotopic (exact) mass is 416 g/mol. The molecule has 0 bridgehead atoms. The molecule has 172 valence electrons. The molecular weight excluding hydrogens is 368 g/mol. The van der Waals surface area contributed by atoms with Gasteiger partial charge in [0.25, 0.3) is 0 Å². The first kappa shape index (κ1) is 22.8. The van der Waals surface area contributed by atoms with Crippen LogP contribution in [-0.2, 0) is 4.74 Å². The van der Waals surface area contributed by atoms with E-state index < -0.39 is 0 Å². The minimum atomic E-state index is -0.144. The first-order valence-corrected chi connectivity index (χ1v) is 13.1. The summed E-state index contributed by atoms with van der Waals surface area (Å²) in [5.74, 6) is 4.79. The quantitative estimate of drug-likeness (QED) is 0.472. The number of aliphatic hydroxyl groups is 1. The highest BCUT2D eigenvalue weighted by Crippen LogP contribution is 2.67. The number of hydrogen-bond acceptors (Lipinski definition) is 2. The van der Waals surface area contributed by atoms with E-state index in [0.717, 1.165) is 48.9 Å². The summed E-state index contributed by atoms with van der Waals surface area (Å²) in [5, 5.41) is 10.3. The Morgan fingerprint density at radius 2 is 1.80 bits per heavy atom. The van der Waals surface area contributed by atoms with Gasteiger partial charge in [-0.1, -0.05) is 65.5 Å². The van der Waals surface area contributed by atoms with Crippen LogP contribution in [0.3, 0.4) is 0 Å². The Labute approximate surface area is 186 Å². The molecule has 0 saturated heterocycles. The van der Waals surface area contributed by atoms with E-state index in [1.54, 1.807) is 0 Å². The Morgan fingerprint density at radius 1 is 1.03 bits per heavy atom. The lowest BCUT2D eigenvalue weighted by molar-refractivity contribution is -0.106. The summed E-state index contributed by atoms with van der Waals surface area (Å²) in [4.78, 5) is 0. The molecule has 0 spiro atoms. The predicted octanol–water partition coefficient (Wildman–Crippen LogP) is 7.01. The molecule has 0 heterocycles. The molecule has 0 aromatic heterocycles. The van der Waals surface area contributed by atoms with Crippen LogP contribution in [0, 0.1) is 46.3 Å². The van der Waals surface area contributed by atoms with Crippen LogP contribution >= 0.6 is 0 Å². The van der Waals surface area contributed by atoms with Gasteiger partial charge in [0.15, 0.2) is 0 Å². The number of methoxy groups -OCH3 is 1. The van der Waals surface area contributed by atoms with E-state index in [2.05, 4.69) is 40.7 Å². The van der Waals surface area contributed by atoms with Gasteiger partial charge in [-0.25, -0.2) is 0 Å². The highest BCUT2D eigenvalue weighted by Gasteiger charge is 2.61. The fraction of sp³-hybridized carbons (Fsp3) is 0.929. The van der Waals surface area contributed by atoms with Crippen molar-refractivity contribution in [3.05, 3.63) is 11.6 Å². The Hall–Kier alpha value is -0.340. The summed E-state index contributed by atoms with van der Waals surface area (Å²) < 4.78 is 6.17. The average Bonchev–Trinajstić information content (AvgIpc) is 3.05. The Bertz CT molecular complexity index is 639. The Balaban J connectivity index is 1.56. The third-order valence-corrected chi connectivity index (χ3v) is 10.6. The van der Waals surface area contributed by atoms with Crippen molar-refractivity contribution in [1.82, 2.24) is 0 Å². The van der Waals surface area contributed by atoms with Gasteiger partial charge in [0.1, 0.15) is 0 Å². The van der Waals surface area contributed by atoms with Crippen LogP contribution in [0.15, 0.2) is 11.6 Å². The molecule has 0 radical (unpaired) electrons. The zero-order valence-electron chi connectivity index (χ0n) is 20.6. The molecule has 3 saturated carbocycles. The molecule has 4 aliphatic rings. The summed E-state index contributed by atoms with van der Waals surface area (Å²) in [6, 6.07) is 0. The van der Waals surface area contributed by atoms with E-state index in [1.165, 1.54) is 50.5 Å². The number of aliphatic hydroxyl groups excluding tert-OH is 1. The van der Waals surface area contributed by atoms with Crippen LogP contribution in [0.1, 0.15) is 98.8 Å². The lowest BCUT2D eigenvalue weighted by atomic mass is 9.46. The molecule has 2 heteroatoms. The number of rotatable bonds is 6. The molecule has 0 aliphatic heterocycles. The van der Waals surface area contributed by atoms with Crippen molar-refractivity contribution in [3.63, 3.8) is 0 Å². The normalized spacial score (nSPS) is 46.7. The van der Waals surface area contributed by atoms with Gasteiger partial charge in [-0.15, -0.1) is 0 Å². The van der Waals surface area contributed by atoms with E-state index in [9.17, 15) is 5.11 Å². The van der Waals surface area contributed by atoms with Crippen molar-refractivity contribution < 1.29 is 9.84 Å². The van der Waals surface area contributed by atoms with Crippen molar-refractivity contribution in [2.75, 3.05) is 7.11 Å². The summed E-state index contributed by atoms with van der Waals surface area (Å²) in [5.41, 5.74) is 2.29. The lowest BCUT2D eigenvalue weighted by Crippen LogP contribution is -2.55. The topological polar surface area (TPSA) is 29.5 Å². The standard InChI is InChI=1S/C28H48O2/c1-18(2)8-7-9-19(3)22-10-11-23-26-24(13-15-28(22,23)5)27(4)14-12-21(29)16-20(27)17-25(26)30-6/h17-19,21-26,29H,7-16H2,1-6H3. The van der Waals surface area contributed by atoms with Crippen LogP contribution in [-0.4, -0.2) is 24.4 Å². The second kappa shape index (κ2) is 8.54. The molecule has 30 heavy (non-hydrogen) atoms.